The number of fused-ring (bicyclic) bond motifs is 1. The summed E-state index contributed by atoms with van der Waals surface area (Å²) in [7, 11) is 0. The first-order valence-corrected chi connectivity index (χ1v) is 9.39. The van der Waals surface area contributed by atoms with Gasteiger partial charge in [0.25, 0.3) is 0 Å². The molecule has 0 aliphatic heterocycles. The molecule has 0 aliphatic carbocycles. The maximum absolute atomic E-state index is 12.3. The number of hydrogen-bond acceptors (Lipinski definition) is 6. The van der Waals surface area contributed by atoms with E-state index in [0.717, 1.165) is 16.5 Å². The third kappa shape index (κ3) is 7.07. The summed E-state index contributed by atoms with van der Waals surface area (Å²) in [6.45, 7) is 3.84. The summed E-state index contributed by atoms with van der Waals surface area (Å²) in [5.74, 6) is -1.43. The Kier molecular flexibility index (Phi) is 10.2. The number of aromatic nitrogens is 1. The van der Waals surface area contributed by atoms with E-state index in [1.807, 2.05) is 30.5 Å². The van der Waals surface area contributed by atoms with E-state index in [1.165, 1.54) is 0 Å². The number of ether oxygens (including phenoxy) is 2. The van der Waals surface area contributed by atoms with Crippen LogP contribution in [-0.2, 0) is 30.3 Å². The van der Waals surface area contributed by atoms with Crippen LogP contribution in [0.4, 0.5) is 0 Å². The predicted molar refractivity (Wildman–Crippen MR) is 112 cm³/mol. The highest BCUT2D eigenvalue weighted by atomic mass is 35.5. The molecular formula is C20H28ClN3O5. The Hall–Kier alpha value is -2.58. The van der Waals surface area contributed by atoms with Gasteiger partial charge in [0.15, 0.2) is 0 Å². The molecule has 8 nitrogen and oxygen atoms in total. The van der Waals surface area contributed by atoms with E-state index >= 15 is 0 Å². The normalized spacial score (nSPS) is 12.5. The Bertz CT molecular complexity index is 823. The number of para-hydroxylation sites is 1. The van der Waals surface area contributed by atoms with Crippen LogP contribution >= 0.6 is 12.4 Å². The van der Waals surface area contributed by atoms with Gasteiger partial charge in [-0.15, -0.1) is 12.4 Å². The second-order valence-corrected chi connectivity index (χ2v) is 6.33. The van der Waals surface area contributed by atoms with Gasteiger partial charge < -0.3 is 25.5 Å². The van der Waals surface area contributed by atoms with Crippen molar-refractivity contribution in [3.8, 4) is 0 Å². The summed E-state index contributed by atoms with van der Waals surface area (Å²) in [5, 5.41) is 3.68. The topological polar surface area (TPSA) is 124 Å². The summed E-state index contributed by atoms with van der Waals surface area (Å²) in [4.78, 5) is 39.3. The van der Waals surface area contributed by atoms with Gasteiger partial charge in [-0.2, -0.15) is 0 Å². The molecule has 1 amide bonds. The quantitative estimate of drug-likeness (QED) is 0.499. The second-order valence-electron chi connectivity index (χ2n) is 6.33. The predicted octanol–water partition coefficient (Wildman–Crippen LogP) is 1.85. The molecule has 1 aromatic carbocycles. The summed E-state index contributed by atoms with van der Waals surface area (Å²) >= 11 is 0. The second kappa shape index (κ2) is 12.1. The van der Waals surface area contributed by atoms with Gasteiger partial charge in [0, 0.05) is 29.9 Å². The molecule has 1 aromatic heterocycles. The maximum Gasteiger partial charge on any atom is 0.328 e. The third-order valence-corrected chi connectivity index (χ3v) is 4.28. The minimum absolute atomic E-state index is 0. The van der Waals surface area contributed by atoms with Gasteiger partial charge in [-0.3, -0.25) is 9.59 Å². The van der Waals surface area contributed by atoms with E-state index in [4.69, 9.17) is 15.2 Å². The molecule has 160 valence electrons. The zero-order valence-corrected chi connectivity index (χ0v) is 17.4. The highest BCUT2D eigenvalue weighted by molar-refractivity contribution is 5.87. The first-order valence-electron chi connectivity index (χ1n) is 9.39. The fraction of sp³-hybridized carbons (Fsp3) is 0.450. The minimum atomic E-state index is -0.875. The lowest BCUT2D eigenvalue weighted by molar-refractivity contribution is -0.148. The number of amides is 1. The maximum atomic E-state index is 12.3. The first-order chi connectivity index (χ1) is 13.5. The van der Waals surface area contributed by atoms with Crippen molar-refractivity contribution >= 4 is 41.2 Å². The standard InChI is InChI=1S/C20H27N3O5.ClH/c1-3-27-19(25)15(21)9-10-18(24)23-17(20(26)28-4-2)11-13-12-22-16-8-6-5-7-14(13)16;/h5-8,12,15,17,22H,3-4,9-11,21H2,1-2H3,(H,23,24);1H/t15-,17+;/m1./s1. The van der Waals surface area contributed by atoms with Gasteiger partial charge in [0.1, 0.15) is 12.1 Å². The number of carbonyl (C=O) groups excluding carboxylic acids is 3. The Morgan fingerprint density at radius 3 is 2.45 bits per heavy atom. The van der Waals surface area contributed by atoms with Crippen LogP contribution in [0.2, 0.25) is 0 Å². The number of benzene rings is 1. The van der Waals surface area contributed by atoms with Crippen LogP contribution < -0.4 is 11.1 Å². The molecule has 0 saturated heterocycles. The summed E-state index contributed by atoms with van der Waals surface area (Å²) in [5.41, 5.74) is 7.56. The van der Waals surface area contributed by atoms with Crippen molar-refractivity contribution in [1.82, 2.24) is 10.3 Å². The fourth-order valence-electron chi connectivity index (χ4n) is 2.88. The van der Waals surface area contributed by atoms with Crippen molar-refractivity contribution in [2.45, 2.75) is 45.2 Å². The van der Waals surface area contributed by atoms with Crippen molar-refractivity contribution in [1.29, 1.82) is 0 Å². The molecule has 4 N–H and O–H groups in total. The van der Waals surface area contributed by atoms with Crippen molar-refractivity contribution in [2.75, 3.05) is 13.2 Å². The molecule has 0 fully saturated rings. The van der Waals surface area contributed by atoms with Crippen LogP contribution in [0.5, 0.6) is 0 Å². The molecule has 2 rings (SSSR count). The van der Waals surface area contributed by atoms with Crippen LogP contribution in [0.15, 0.2) is 30.5 Å². The largest absolute Gasteiger partial charge is 0.465 e. The Balaban J connectivity index is 0.00000420. The van der Waals surface area contributed by atoms with Gasteiger partial charge >= 0.3 is 11.9 Å². The number of esters is 2. The highest BCUT2D eigenvalue weighted by Gasteiger charge is 2.24. The average molecular weight is 426 g/mol. The number of carbonyl (C=O) groups is 3. The molecule has 2 aromatic rings. The van der Waals surface area contributed by atoms with Gasteiger partial charge in [-0.05, 0) is 31.9 Å². The number of H-pyrrole nitrogens is 1. The van der Waals surface area contributed by atoms with Crippen LogP contribution in [-0.4, -0.2) is 48.1 Å². The van der Waals surface area contributed by atoms with Crippen molar-refractivity contribution in [2.24, 2.45) is 5.73 Å². The number of hydrogen-bond donors (Lipinski definition) is 3. The van der Waals surface area contributed by atoms with Crippen molar-refractivity contribution < 1.29 is 23.9 Å². The van der Waals surface area contributed by atoms with Crippen LogP contribution in [0, 0.1) is 0 Å². The van der Waals surface area contributed by atoms with E-state index in [-0.39, 0.29) is 44.4 Å². The van der Waals surface area contributed by atoms with Crippen LogP contribution in [0.25, 0.3) is 10.9 Å². The third-order valence-electron chi connectivity index (χ3n) is 4.28. The van der Waals surface area contributed by atoms with Crippen molar-refractivity contribution in [3.63, 3.8) is 0 Å². The number of nitrogens with one attached hydrogen (secondary N) is 2. The summed E-state index contributed by atoms with van der Waals surface area (Å²) in [6, 6.07) is 6.01. The molecule has 2 atom stereocenters. The monoisotopic (exact) mass is 425 g/mol. The van der Waals surface area contributed by atoms with Gasteiger partial charge in [0.05, 0.1) is 13.2 Å². The van der Waals surface area contributed by atoms with Crippen LogP contribution in [0.3, 0.4) is 0 Å². The molecular weight excluding hydrogens is 398 g/mol. The highest BCUT2D eigenvalue weighted by Crippen LogP contribution is 2.19. The van der Waals surface area contributed by atoms with Crippen molar-refractivity contribution in [3.05, 3.63) is 36.0 Å². The first kappa shape index (κ1) is 24.5. The zero-order valence-electron chi connectivity index (χ0n) is 16.6. The molecule has 29 heavy (non-hydrogen) atoms. The number of nitrogens with two attached hydrogens (primary N) is 1. The lowest BCUT2D eigenvalue weighted by Crippen LogP contribution is -2.44. The molecule has 0 bridgehead atoms. The smallest absolute Gasteiger partial charge is 0.328 e. The summed E-state index contributed by atoms with van der Waals surface area (Å²) < 4.78 is 9.92. The average Bonchev–Trinajstić information content (AvgIpc) is 3.09. The van der Waals surface area contributed by atoms with E-state index in [9.17, 15) is 14.4 Å². The fourth-order valence-corrected chi connectivity index (χ4v) is 2.88. The Labute approximate surface area is 175 Å². The van der Waals surface area contributed by atoms with E-state index in [2.05, 4.69) is 10.3 Å². The number of aromatic amines is 1. The molecule has 0 aliphatic rings. The SMILES string of the molecule is CCOC(=O)[C@H](N)CCC(=O)N[C@@H](Cc1c[nH]c2ccccc12)C(=O)OCC.Cl. The molecule has 0 spiro atoms. The molecule has 0 unspecified atom stereocenters. The zero-order chi connectivity index (χ0) is 20.5. The van der Waals surface area contributed by atoms with Gasteiger partial charge in [-0.25, -0.2) is 4.79 Å². The minimum Gasteiger partial charge on any atom is -0.465 e. The van der Waals surface area contributed by atoms with Gasteiger partial charge in [0.2, 0.25) is 5.91 Å². The summed E-state index contributed by atoms with van der Waals surface area (Å²) in [6.07, 6.45) is 2.25. The van der Waals surface area contributed by atoms with E-state index in [0.29, 0.717) is 6.42 Å². The Morgan fingerprint density at radius 2 is 1.76 bits per heavy atom. The molecule has 1 heterocycles. The van der Waals surface area contributed by atoms with Crippen LogP contribution in [0.1, 0.15) is 32.3 Å². The van der Waals surface area contributed by atoms with E-state index in [1.54, 1.807) is 13.8 Å². The lowest BCUT2D eigenvalue weighted by atomic mass is 10.0. The van der Waals surface area contributed by atoms with Gasteiger partial charge in [-0.1, -0.05) is 18.2 Å². The molecule has 0 radical (unpaired) electrons. The Morgan fingerprint density at radius 1 is 1.10 bits per heavy atom. The van der Waals surface area contributed by atoms with E-state index < -0.39 is 24.0 Å². The molecule has 0 saturated carbocycles. The lowest BCUT2D eigenvalue weighted by Gasteiger charge is -2.18. The molecule has 9 heteroatoms. The number of halogens is 1. The number of rotatable bonds is 10.